The van der Waals surface area contributed by atoms with E-state index in [2.05, 4.69) is 4.72 Å². The fraction of sp³-hybridized carbons (Fsp3) is 0. The predicted molar refractivity (Wildman–Crippen MR) is 91.2 cm³/mol. The van der Waals surface area contributed by atoms with Gasteiger partial charge in [-0.25, -0.2) is 4.72 Å². The van der Waals surface area contributed by atoms with Crippen LogP contribution in [0.25, 0.3) is 12.2 Å². The molecule has 118 valence electrons. The van der Waals surface area contributed by atoms with Crippen LogP contribution in [-0.4, -0.2) is 14.3 Å². The average Bonchev–Trinajstić information content (AvgIpc) is 2.54. The minimum absolute atomic E-state index is 0.727. The molecule has 0 heterocycles. The summed E-state index contributed by atoms with van der Waals surface area (Å²) >= 11 is 0. The molecule has 6 heteroatoms. The molecule has 2 aromatic rings. The second-order valence-corrected chi connectivity index (χ2v) is 6.02. The average molecular weight is 328 g/mol. The summed E-state index contributed by atoms with van der Waals surface area (Å²) in [6, 6.07) is 18.3. The second-order valence-electron chi connectivity index (χ2n) is 4.58. The van der Waals surface area contributed by atoms with Gasteiger partial charge in [0.25, 0.3) is 5.91 Å². The highest BCUT2D eigenvalue weighted by molar-refractivity contribution is 7.88. The van der Waals surface area contributed by atoms with Crippen molar-refractivity contribution in [2.24, 2.45) is 0 Å². The third kappa shape index (κ3) is 6.19. The maximum Gasteiger partial charge on any atom is 0.323 e. The summed E-state index contributed by atoms with van der Waals surface area (Å²) in [4.78, 5) is 11.6. The van der Waals surface area contributed by atoms with Crippen LogP contribution in [0.5, 0.6) is 0 Å². The van der Waals surface area contributed by atoms with Gasteiger partial charge in [0, 0.05) is 12.3 Å². The molecule has 0 bridgehead atoms. The predicted octanol–water partition coefficient (Wildman–Crippen LogP) is 2.32. The molecule has 2 rings (SSSR count). The number of nitrogens with one attached hydrogen (secondary N) is 2. The van der Waals surface area contributed by atoms with Crippen molar-refractivity contribution in [2.75, 3.05) is 0 Å². The molecule has 0 atom stereocenters. The van der Waals surface area contributed by atoms with Gasteiger partial charge in [-0.05, 0) is 23.3 Å². The Morgan fingerprint density at radius 3 is 1.91 bits per heavy atom. The van der Waals surface area contributed by atoms with Crippen molar-refractivity contribution >= 4 is 28.3 Å². The number of carbonyl (C=O) groups is 1. The molecule has 0 aliphatic carbocycles. The van der Waals surface area contributed by atoms with E-state index in [4.69, 9.17) is 0 Å². The maximum absolute atomic E-state index is 11.7. The van der Waals surface area contributed by atoms with Crippen molar-refractivity contribution in [3.63, 3.8) is 0 Å². The molecule has 0 unspecified atom stereocenters. The first-order valence-electron chi connectivity index (χ1n) is 6.84. The lowest BCUT2D eigenvalue weighted by Crippen LogP contribution is -2.36. The summed E-state index contributed by atoms with van der Waals surface area (Å²) in [6.07, 6.45) is 5.54. The van der Waals surface area contributed by atoms with Crippen LogP contribution in [0.1, 0.15) is 11.1 Å². The first-order chi connectivity index (χ1) is 11.1. The van der Waals surface area contributed by atoms with E-state index in [1.54, 1.807) is 18.2 Å². The summed E-state index contributed by atoms with van der Waals surface area (Å²) in [5, 5.41) is 0. The molecule has 1 amide bonds. The minimum atomic E-state index is -3.94. The third-order valence-corrected chi connectivity index (χ3v) is 3.68. The smallest absolute Gasteiger partial charge is 0.273 e. The van der Waals surface area contributed by atoms with Crippen LogP contribution < -0.4 is 9.44 Å². The molecule has 23 heavy (non-hydrogen) atoms. The number of amides is 1. The van der Waals surface area contributed by atoms with Crippen LogP contribution in [0.2, 0.25) is 0 Å². The Morgan fingerprint density at radius 2 is 1.35 bits per heavy atom. The lowest BCUT2D eigenvalue weighted by molar-refractivity contribution is -0.114. The van der Waals surface area contributed by atoms with E-state index < -0.39 is 16.1 Å². The van der Waals surface area contributed by atoms with Gasteiger partial charge in [0.05, 0.1) is 0 Å². The summed E-state index contributed by atoms with van der Waals surface area (Å²) in [7, 11) is -3.94. The van der Waals surface area contributed by atoms with E-state index in [0.29, 0.717) is 0 Å². The molecular weight excluding hydrogens is 312 g/mol. The van der Waals surface area contributed by atoms with Gasteiger partial charge in [-0.2, -0.15) is 8.42 Å². The van der Waals surface area contributed by atoms with Gasteiger partial charge in [0.15, 0.2) is 0 Å². The Morgan fingerprint density at radius 1 is 0.826 bits per heavy atom. The first-order valence-corrected chi connectivity index (χ1v) is 8.32. The van der Waals surface area contributed by atoms with Crippen molar-refractivity contribution in [1.29, 1.82) is 0 Å². The Labute approximate surface area is 135 Å². The number of carbonyl (C=O) groups excluding carboxylic acids is 1. The van der Waals surface area contributed by atoms with Crippen molar-refractivity contribution in [3.8, 4) is 0 Å². The van der Waals surface area contributed by atoms with Crippen molar-refractivity contribution in [1.82, 2.24) is 9.44 Å². The molecule has 0 spiro atoms. The van der Waals surface area contributed by atoms with E-state index in [1.165, 1.54) is 12.3 Å². The van der Waals surface area contributed by atoms with Gasteiger partial charge in [-0.1, -0.05) is 60.7 Å². The maximum atomic E-state index is 11.7. The summed E-state index contributed by atoms with van der Waals surface area (Å²) < 4.78 is 27.5. The Balaban J connectivity index is 1.89. The van der Waals surface area contributed by atoms with Crippen LogP contribution >= 0.6 is 0 Å². The fourth-order valence-electron chi connectivity index (χ4n) is 1.72. The number of hydrogen-bond acceptors (Lipinski definition) is 3. The quantitative estimate of drug-likeness (QED) is 0.799. The van der Waals surface area contributed by atoms with Crippen molar-refractivity contribution < 1.29 is 13.2 Å². The van der Waals surface area contributed by atoms with Gasteiger partial charge in [0.2, 0.25) is 0 Å². The van der Waals surface area contributed by atoms with Gasteiger partial charge in [-0.3, -0.25) is 9.52 Å². The molecule has 0 saturated heterocycles. The van der Waals surface area contributed by atoms with E-state index >= 15 is 0 Å². The molecule has 0 radical (unpaired) electrons. The van der Waals surface area contributed by atoms with E-state index in [-0.39, 0.29) is 0 Å². The van der Waals surface area contributed by atoms with Crippen LogP contribution in [0.15, 0.2) is 72.9 Å². The van der Waals surface area contributed by atoms with Gasteiger partial charge >= 0.3 is 10.2 Å². The van der Waals surface area contributed by atoms with Gasteiger partial charge in [-0.15, -0.1) is 0 Å². The number of hydrogen-bond donors (Lipinski definition) is 2. The molecule has 0 saturated carbocycles. The molecule has 5 nitrogen and oxygen atoms in total. The molecule has 0 aliphatic rings. The third-order valence-electron chi connectivity index (χ3n) is 2.76. The van der Waals surface area contributed by atoms with Gasteiger partial charge < -0.3 is 0 Å². The Bertz CT molecular complexity index is 798. The van der Waals surface area contributed by atoms with E-state index in [9.17, 15) is 13.2 Å². The monoisotopic (exact) mass is 328 g/mol. The van der Waals surface area contributed by atoms with Crippen LogP contribution in [0, 0.1) is 0 Å². The van der Waals surface area contributed by atoms with Gasteiger partial charge in [0.1, 0.15) is 0 Å². The lowest BCUT2D eigenvalue weighted by Gasteiger charge is -2.03. The SMILES string of the molecule is O=C(/C=C/c1ccccc1)NS(=O)(=O)N/C=C\c1ccccc1. The molecule has 0 fully saturated rings. The molecule has 0 aromatic heterocycles. The number of benzene rings is 2. The van der Waals surface area contributed by atoms with E-state index in [1.807, 2.05) is 53.3 Å². The fourth-order valence-corrected chi connectivity index (χ4v) is 2.35. The second kappa shape index (κ2) is 7.95. The number of rotatable bonds is 6. The summed E-state index contributed by atoms with van der Waals surface area (Å²) in [6.45, 7) is 0. The minimum Gasteiger partial charge on any atom is -0.273 e. The first kappa shape index (κ1) is 16.5. The highest BCUT2D eigenvalue weighted by Gasteiger charge is 2.09. The molecule has 2 N–H and O–H groups in total. The largest absolute Gasteiger partial charge is 0.323 e. The molecule has 2 aromatic carbocycles. The zero-order valence-electron chi connectivity index (χ0n) is 12.2. The Kier molecular flexibility index (Phi) is 5.71. The molecular formula is C17H16N2O3S. The van der Waals surface area contributed by atoms with E-state index in [0.717, 1.165) is 17.2 Å². The van der Waals surface area contributed by atoms with Crippen LogP contribution in [-0.2, 0) is 15.0 Å². The standard InChI is InChI=1S/C17H16N2O3S/c20-17(12-11-15-7-3-1-4-8-15)19-23(21,22)18-14-13-16-9-5-2-6-10-16/h1-14,18H,(H,19,20)/b12-11+,14-13-. The highest BCUT2D eigenvalue weighted by Crippen LogP contribution is 2.01. The Hall–Kier alpha value is -2.86. The zero-order valence-corrected chi connectivity index (χ0v) is 13.0. The van der Waals surface area contributed by atoms with Crippen LogP contribution in [0.4, 0.5) is 0 Å². The summed E-state index contributed by atoms with van der Waals surface area (Å²) in [5.74, 6) is -0.727. The zero-order chi connectivity index (χ0) is 16.5. The lowest BCUT2D eigenvalue weighted by atomic mass is 10.2. The summed E-state index contributed by atoms with van der Waals surface area (Å²) in [5.41, 5.74) is 1.64. The topological polar surface area (TPSA) is 75.3 Å². The normalized spacial score (nSPS) is 11.7. The molecule has 0 aliphatic heterocycles. The van der Waals surface area contributed by atoms with Crippen LogP contribution in [0.3, 0.4) is 0 Å². The highest BCUT2D eigenvalue weighted by atomic mass is 32.2. The van der Waals surface area contributed by atoms with Crippen molar-refractivity contribution in [2.45, 2.75) is 0 Å². The van der Waals surface area contributed by atoms with Crippen molar-refractivity contribution in [3.05, 3.63) is 84.1 Å².